The highest BCUT2D eigenvalue weighted by molar-refractivity contribution is 5.85. The molecule has 1 unspecified atom stereocenters. The molecule has 1 aromatic carbocycles. The van der Waals surface area contributed by atoms with E-state index in [0.29, 0.717) is 6.42 Å². The Morgan fingerprint density at radius 3 is 2.19 bits per heavy atom. The van der Waals surface area contributed by atoms with E-state index in [1.54, 1.807) is 0 Å². The zero-order chi connectivity index (χ0) is 12.3. The summed E-state index contributed by atoms with van der Waals surface area (Å²) in [6.45, 7) is 7.92. The molecule has 0 heterocycles. The van der Waals surface area contributed by atoms with Crippen molar-refractivity contribution < 1.29 is 4.79 Å². The highest BCUT2D eigenvalue weighted by atomic mass is 16.1. The molecule has 1 atom stereocenters. The topological polar surface area (TPSA) is 43.1 Å². The fourth-order valence-electron chi connectivity index (χ4n) is 1.92. The van der Waals surface area contributed by atoms with Crippen molar-refractivity contribution in [2.24, 2.45) is 11.7 Å². The SMILES string of the molecule is Cc1cccc(C)c1CC(N)C(=O)C(C)C. The maximum atomic E-state index is 11.7. The number of hydrogen-bond acceptors (Lipinski definition) is 2. The molecule has 0 aliphatic heterocycles. The van der Waals surface area contributed by atoms with Crippen LogP contribution in [0.1, 0.15) is 30.5 Å². The first-order valence-electron chi connectivity index (χ1n) is 5.78. The average Bonchev–Trinajstić information content (AvgIpc) is 2.22. The van der Waals surface area contributed by atoms with Crippen molar-refractivity contribution in [2.45, 2.75) is 40.2 Å². The summed E-state index contributed by atoms with van der Waals surface area (Å²) in [7, 11) is 0. The quantitative estimate of drug-likeness (QED) is 0.845. The number of benzene rings is 1. The summed E-state index contributed by atoms with van der Waals surface area (Å²) in [6, 6.07) is 5.79. The van der Waals surface area contributed by atoms with Crippen molar-refractivity contribution in [3.63, 3.8) is 0 Å². The van der Waals surface area contributed by atoms with Crippen LogP contribution >= 0.6 is 0 Å². The van der Waals surface area contributed by atoms with Gasteiger partial charge in [-0.25, -0.2) is 0 Å². The first-order valence-corrected chi connectivity index (χ1v) is 5.78. The van der Waals surface area contributed by atoms with E-state index >= 15 is 0 Å². The Hall–Kier alpha value is -1.15. The predicted molar refractivity (Wildman–Crippen MR) is 67.4 cm³/mol. The normalized spacial score (nSPS) is 12.9. The summed E-state index contributed by atoms with van der Waals surface area (Å²) in [6.07, 6.45) is 0.648. The lowest BCUT2D eigenvalue weighted by Crippen LogP contribution is -2.36. The first-order chi connectivity index (χ1) is 7.43. The molecule has 0 radical (unpaired) electrons. The standard InChI is InChI=1S/C14H21NO/c1-9(2)14(16)13(15)8-12-10(3)6-5-7-11(12)4/h5-7,9,13H,8,15H2,1-4H3. The van der Waals surface area contributed by atoms with Gasteiger partial charge in [0.25, 0.3) is 0 Å². The molecule has 0 amide bonds. The smallest absolute Gasteiger partial charge is 0.152 e. The summed E-state index contributed by atoms with van der Waals surface area (Å²) in [5, 5.41) is 0. The molecule has 1 aromatic rings. The van der Waals surface area contributed by atoms with Crippen LogP contribution in [-0.2, 0) is 11.2 Å². The minimum absolute atomic E-state index is 0.0133. The van der Waals surface area contributed by atoms with E-state index in [4.69, 9.17) is 5.73 Å². The number of ketones is 1. The van der Waals surface area contributed by atoms with Gasteiger partial charge in [0, 0.05) is 5.92 Å². The second kappa shape index (κ2) is 5.26. The lowest BCUT2D eigenvalue weighted by molar-refractivity contribution is -0.123. The Bertz CT molecular complexity index is 362. The molecule has 1 rings (SSSR count). The zero-order valence-corrected chi connectivity index (χ0v) is 10.6. The van der Waals surface area contributed by atoms with E-state index in [-0.39, 0.29) is 17.7 Å². The van der Waals surface area contributed by atoms with Gasteiger partial charge in [0.05, 0.1) is 6.04 Å². The molecule has 0 aliphatic rings. The van der Waals surface area contributed by atoms with Crippen LogP contribution in [0.15, 0.2) is 18.2 Å². The molecule has 0 fully saturated rings. The molecule has 0 saturated carbocycles. The fraction of sp³-hybridized carbons (Fsp3) is 0.500. The molecule has 88 valence electrons. The van der Waals surface area contributed by atoms with E-state index in [0.717, 1.165) is 0 Å². The monoisotopic (exact) mass is 219 g/mol. The second-order valence-electron chi connectivity index (χ2n) is 4.74. The van der Waals surface area contributed by atoms with Crippen molar-refractivity contribution in [3.8, 4) is 0 Å². The minimum atomic E-state index is -0.375. The molecule has 2 heteroatoms. The number of rotatable bonds is 4. The van der Waals surface area contributed by atoms with Crippen LogP contribution in [0.3, 0.4) is 0 Å². The second-order valence-corrected chi connectivity index (χ2v) is 4.74. The summed E-state index contributed by atoms with van der Waals surface area (Å²) < 4.78 is 0. The lowest BCUT2D eigenvalue weighted by Gasteiger charge is -2.16. The van der Waals surface area contributed by atoms with E-state index < -0.39 is 0 Å². The Morgan fingerprint density at radius 2 is 1.75 bits per heavy atom. The van der Waals surface area contributed by atoms with E-state index in [9.17, 15) is 4.79 Å². The molecule has 2 nitrogen and oxygen atoms in total. The van der Waals surface area contributed by atoms with Crippen LogP contribution in [0.25, 0.3) is 0 Å². The third-order valence-electron chi connectivity index (χ3n) is 3.00. The van der Waals surface area contributed by atoms with Gasteiger partial charge in [-0.15, -0.1) is 0 Å². The maximum absolute atomic E-state index is 11.7. The van der Waals surface area contributed by atoms with Crippen LogP contribution in [0.2, 0.25) is 0 Å². The molecule has 0 bridgehead atoms. The number of carbonyl (C=O) groups excluding carboxylic acids is 1. The van der Waals surface area contributed by atoms with E-state index in [1.165, 1.54) is 16.7 Å². The fourth-order valence-corrected chi connectivity index (χ4v) is 1.92. The van der Waals surface area contributed by atoms with Crippen molar-refractivity contribution >= 4 is 5.78 Å². The van der Waals surface area contributed by atoms with Gasteiger partial charge in [0.15, 0.2) is 5.78 Å². The third kappa shape index (κ3) is 2.92. The van der Waals surface area contributed by atoms with E-state index in [1.807, 2.05) is 19.9 Å². The summed E-state index contributed by atoms with van der Waals surface area (Å²) >= 11 is 0. The van der Waals surface area contributed by atoms with Crippen molar-refractivity contribution in [1.29, 1.82) is 0 Å². The highest BCUT2D eigenvalue weighted by Gasteiger charge is 2.18. The van der Waals surface area contributed by atoms with E-state index in [2.05, 4.69) is 26.0 Å². The van der Waals surface area contributed by atoms with Gasteiger partial charge in [-0.1, -0.05) is 32.0 Å². The van der Waals surface area contributed by atoms with Crippen LogP contribution in [0.5, 0.6) is 0 Å². The minimum Gasteiger partial charge on any atom is -0.321 e. The number of nitrogens with two attached hydrogens (primary N) is 1. The van der Waals surface area contributed by atoms with Crippen LogP contribution in [0, 0.1) is 19.8 Å². The largest absolute Gasteiger partial charge is 0.321 e. The van der Waals surface area contributed by atoms with Crippen molar-refractivity contribution in [3.05, 3.63) is 34.9 Å². The molecular weight excluding hydrogens is 198 g/mol. The van der Waals surface area contributed by atoms with Gasteiger partial charge in [0.1, 0.15) is 0 Å². The molecular formula is C14H21NO. The van der Waals surface area contributed by atoms with Gasteiger partial charge >= 0.3 is 0 Å². The molecule has 0 aliphatic carbocycles. The highest BCUT2D eigenvalue weighted by Crippen LogP contribution is 2.16. The molecule has 0 saturated heterocycles. The Labute approximate surface area is 97.9 Å². The number of Topliss-reactive ketones (excluding diaryl/α,β-unsaturated/α-hetero) is 1. The van der Waals surface area contributed by atoms with Crippen molar-refractivity contribution in [1.82, 2.24) is 0 Å². The Morgan fingerprint density at radius 1 is 1.25 bits per heavy atom. The molecule has 16 heavy (non-hydrogen) atoms. The number of hydrogen-bond donors (Lipinski definition) is 1. The summed E-state index contributed by atoms with van der Waals surface area (Å²) in [4.78, 5) is 11.7. The van der Waals surface area contributed by atoms with Gasteiger partial charge in [-0.2, -0.15) is 0 Å². The number of aryl methyl sites for hydroxylation is 2. The molecule has 0 aromatic heterocycles. The van der Waals surface area contributed by atoms with Crippen LogP contribution < -0.4 is 5.73 Å². The summed E-state index contributed by atoms with van der Waals surface area (Å²) in [5.41, 5.74) is 9.58. The van der Waals surface area contributed by atoms with Crippen molar-refractivity contribution in [2.75, 3.05) is 0 Å². The Kier molecular flexibility index (Phi) is 4.25. The molecule has 2 N–H and O–H groups in total. The lowest BCUT2D eigenvalue weighted by atomic mass is 9.92. The van der Waals surface area contributed by atoms with Gasteiger partial charge in [0.2, 0.25) is 0 Å². The predicted octanol–water partition coefficient (Wildman–Crippen LogP) is 2.40. The van der Waals surface area contributed by atoms with Crippen LogP contribution in [-0.4, -0.2) is 11.8 Å². The van der Waals surface area contributed by atoms with Gasteiger partial charge in [-0.05, 0) is 37.0 Å². The first kappa shape index (κ1) is 12.9. The van der Waals surface area contributed by atoms with Crippen LogP contribution in [0.4, 0.5) is 0 Å². The maximum Gasteiger partial charge on any atom is 0.152 e. The number of carbonyl (C=O) groups is 1. The third-order valence-corrected chi connectivity index (χ3v) is 3.00. The zero-order valence-electron chi connectivity index (χ0n) is 10.6. The average molecular weight is 219 g/mol. The van der Waals surface area contributed by atoms with Gasteiger partial charge < -0.3 is 5.73 Å². The Balaban J connectivity index is 2.85. The summed E-state index contributed by atoms with van der Waals surface area (Å²) in [5.74, 6) is 0.155. The molecule has 0 spiro atoms. The van der Waals surface area contributed by atoms with Gasteiger partial charge in [-0.3, -0.25) is 4.79 Å².